The van der Waals surface area contributed by atoms with Crippen LogP contribution in [0.25, 0.3) is 0 Å². The van der Waals surface area contributed by atoms with E-state index in [-0.39, 0.29) is 0 Å². The van der Waals surface area contributed by atoms with Crippen molar-refractivity contribution in [2.24, 2.45) is 4.99 Å². The van der Waals surface area contributed by atoms with Gasteiger partial charge in [0.2, 0.25) is 0 Å². The zero-order valence-electron chi connectivity index (χ0n) is 7.21. The summed E-state index contributed by atoms with van der Waals surface area (Å²) in [5.74, 6) is 1.39. The molecular formula is C10H16N. The van der Waals surface area contributed by atoms with E-state index in [2.05, 4.69) is 24.1 Å². The number of allylic oxidation sites excluding steroid dienone is 1. The number of unbranched alkanes of at least 4 members (excludes halogenated alkanes) is 2. The molecule has 1 radical (unpaired) electrons. The third-order valence-electron chi connectivity index (χ3n) is 1.87. The summed E-state index contributed by atoms with van der Waals surface area (Å²) in [6.07, 6.45) is 11.5. The van der Waals surface area contributed by atoms with Crippen LogP contribution in [0.1, 0.15) is 32.6 Å². The van der Waals surface area contributed by atoms with Gasteiger partial charge in [-0.05, 0) is 6.42 Å². The van der Waals surface area contributed by atoms with Gasteiger partial charge in [0.15, 0.2) is 0 Å². The van der Waals surface area contributed by atoms with Crippen molar-refractivity contribution in [1.29, 1.82) is 0 Å². The molecule has 0 amide bonds. The number of nitrogens with zero attached hydrogens (tertiary/aromatic N) is 1. The summed E-state index contributed by atoms with van der Waals surface area (Å²) in [6.45, 7) is 3.10. The maximum atomic E-state index is 4.19. The molecule has 0 saturated heterocycles. The Morgan fingerprint density at radius 2 is 2.36 bits per heavy atom. The Balaban J connectivity index is 2.10. The SMILES string of the molecule is CCCCC[C]1C=CCN=C1. The normalized spacial score (nSPS) is 17.5. The molecule has 0 unspecified atom stereocenters. The second-order valence-corrected chi connectivity index (χ2v) is 2.93. The second kappa shape index (κ2) is 5.11. The summed E-state index contributed by atoms with van der Waals surface area (Å²) >= 11 is 0. The molecule has 0 saturated carbocycles. The summed E-state index contributed by atoms with van der Waals surface area (Å²) in [4.78, 5) is 4.19. The largest absolute Gasteiger partial charge is 0.292 e. The van der Waals surface area contributed by atoms with Crippen molar-refractivity contribution < 1.29 is 0 Å². The number of hydrogen-bond donors (Lipinski definition) is 0. The molecule has 1 aliphatic rings. The minimum Gasteiger partial charge on any atom is -0.292 e. The summed E-state index contributed by atoms with van der Waals surface area (Å²) < 4.78 is 0. The molecule has 1 aliphatic heterocycles. The molecule has 0 spiro atoms. The Bertz CT molecular complexity index is 135. The lowest BCUT2D eigenvalue weighted by molar-refractivity contribution is 0.706. The number of hydrogen-bond acceptors (Lipinski definition) is 1. The molecule has 0 fully saturated rings. The predicted octanol–water partition coefficient (Wildman–Crippen LogP) is 2.78. The van der Waals surface area contributed by atoms with E-state index in [9.17, 15) is 0 Å². The zero-order chi connectivity index (χ0) is 7.94. The fourth-order valence-electron chi connectivity index (χ4n) is 1.20. The Morgan fingerprint density at radius 1 is 1.45 bits per heavy atom. The summed E-state index contributed by atoms with van der Waals surface area (Å²) in [7, 11) is 0. The van der Waals surface area contributed by atoms with Gasteiger partial charge < -0.3 is 0 Å². The van der Waals surface area contributed by atoms with Crippen LogP contribution in [0.15, 0.2) is 17.1 Å². The van der Waals surface area contributed by atoms with Gasteiger partial charge in [-0.25, -0.2) is 0 Å². The van der Waals surface area contributed by atoms with E-state index in [0.29, 0.717) is 0 Å². The van der Waals surface area contributed by atoms with Crippen LogP contribution in [0.3, 0.4) is 0 Å². The molecule has 1 rings (SSSR count). The van der Waals surface area contributed by atoms with Gasteiger partial charge in [0.1, 0.15) is 0 Å². The van der Waals surface area contributed by atoms with Gasteiger partial charge in [-0.3, -0.25) is 4.99 Å². The van der Waals surface area contributed by atoms with Gasteiger partial charge >= 0.3 is 0 Å². The van der Waals surface area contributed by atoms with Gasteiger partial charge in [-0.1, -0.05) is 38.3 Å². The monoisotopic (exact) mass is 150 g/mol. The highest BCUT2D eigenvalue weighted by Gasteiger charge is 2.02. The number of dihydropyridines is 1. The summed E-state index contributed by atoms with van der Waals surface area (Å²) in [5, 5.41) is 0. The van der Waals surface area contributed by atoms with Crippen LogP contribution in [-0.4, -0.2) is 12.8 Å². The maximum absolute atomic E-state index is 4.19. The highest BCUT2D eigenvalue weighted by Crippen LogP contribution is 2.13. The fraction of sp³-hybridized carbons (Fsp3) is 0.600. The molecule has 0 N–H and O–H groups in total. The Hall–Kier alpha value is -0.590. The molecule has 1 heteroatoms. The number of rotatable bonds is 4. The smallest absolute Gasteiger partial charge is 0.0567 e. The predicted molar refractivity (Wildman–Crippen MR) is 49.9 cm³/mol. The van der Waals surface area contributed by atoms with Crippen LogP contribution >= 0.6 is 0 Å². The van der Waals surface area contributed by atoms with Crippen LogP contribution in [0.5, 0.6) is 0 Å². The lowest BCUT2D eigenvalue weighted by Crippen LogP contribution is -1.99. The maximum Gasteiger partial charge on any atom is 0.0567 e. The lowest BCUT2D eigenvalue weighted by Gasteiger charge is -2.07. The van der Waals surface area contributed by atoms with Crippen LogP contribution in [-0.2, 0) is 0 Å². The van der Waals surface area contributed by atoms with E-state index >= 15 is 0 Å². The molecule has 0 aromatic rings. The number of aliphatic imine (C=N–C) groups is 1. The van der Waals surface area contributed by atoms with Gasteiger partial charge in [0.05, 0.1) is 6.54 Å². The molecule has 0 aromatic carbocycles. The van der Waals surface area contributed by atoms with Gasteiger partial charge in [-0.15, -0.1) is 0 Å². The molecular weight excluding hydrogens is 134 g/mol. The van der Waals surface area contributed by atoms with E-state index in [1.165, 1.54) is 31.6 Å². The molecule has 11 heavy (non-hydrogen) atoms. The molecule has 0 bridgehead atoms. The van der Waals surface area contributed by atoms with Crippen molar-refractivity contribution in [3.8, 4) is 0 Å². The summed E-state index contributed by atoms with van der Waals surface area (Å²) in [6, 6.07) is 0. The van der Waals surface area contributed by atoms with E-state index in [0.717, 1.165) is 6.54 Å². The Morgan fingerprint density at radius 3 is 3.00 bits per heavy atom. The molecule has 1 heterocycles. The van der Waals surface area contributed by atoms with Crippen molar-refractivity contribution in [2.75, 3.05) is 6.54 Å². The van der Waals surface area contributed by atoms with Crippen LogP contribution in [0.2, 0.25) is 0 Å². The first-order valence-corrected chi connectivity index (χ1v) is 4.45. The molecule has 0 atom stereocenters. The molecule has 0 aliphatic carbocycles. The van der Waals surface area contributed by atoms with Crippen molar-refractivity contribution in [2.45, 2.75) is 32.6 Å². The molecule has 1 nitrogen and oxygen atoms in total. The van der Waals surface area contributed by atoms with Crippen LogP contribution < -0.4 is 0 Å². The van der Waals surface area contributed by atoms with Crippen molar-refractivity contribution in [3.63, 3.8) is 0 Å². The van der Waals surface area contributed by atoms with Gasteiger partial charge in [0.25, 0.3) is 0 Å². The average molecular weight is 150 g/mol. The highest BCUT2D eigenvalue weighted by molar-refractivity contribution is 5.78. The zero-order valence-corrected chi connectivity index (χ0v) is 7.21. The van der Waals surface area contributed by atoms with Crippen molar-refractivity contribution in [3.05, 3.63) is 18.1 Å². The average Bonchev–Trinajstić information content (AvgIpc) is 2.07. The first-order chi connectivity index (χ1) is 5.43. The van der Waals surface area contributed by atoms with E-state index in [4.69, 9.17) is 0 Å². The van der Waals surface area contributed by atoms with E-state index < -0.39 is 0 Å². The first-order valence-electron chi connectivity index (χ1n) is 4.45. The second-order valence-electron chi connectivity index (χ2n) is 2.93. The Labute approximate surface area is 69.2 Å². The fourth-order valence-corrected chi connectivity index (χ4v) is 1.20. The van der Waals surface area contributed by atoms with Crippen LogP contribution in [0, 0.1) is 5.92 Å². The molecule has 61 valence electrons. The first kappa shape index (κ1) is 8.51. The highest BCUT2D eigenvalue weighted by atomic mass is 14.7. The minimum atomic E-state index is 0.872. The third-order valence-corrected chi connectivity index (χ3v) is 1.87. The topological polar surface area (TPSA) is 12.4 Å². The minimum absolute atomic E-state index is 0.872. The van der Waals surface area contributed by atoms with Crippen LogP contribution in [0.4, 0.5) is 0 Å². The Kier molecular flexibility index (Phi) is 3.95. The van der Waals surface area contributed by atoms with E-state index in [1.807, 2.05) is 6.21 Å². The quantitative estimate of drug-likeness (QED) is 0.546. The van der Waals surface area contributed by atoms with Gasteiger partial charge in [-0.2, -0.15) is 0 Å². The van der Waals surface area contributed by atoms with Gasteiger partial charge in [0, 0.05) is 12.1 Å². The van der Waals surface area contributed by atoms with Crippen molar-refractivity contribution in [1.82, 2.24) is 0 Å². The lowest BCUT2D eigenvalue weighted by atomic mass is 10.0. The standard InChI is InChI=1S/C10H16N/c1-2-3-4-6-10-7-5-8-11-9-10/h5,7,9H,2-4,6,8H2,1H3. The van der Waals surface area contributed by atoms with Crippen molar-refractivity contribution >= 4 is 6.21 Å². The third kappa shape index (κ3) is 3.35. The van der Waals surface area contributed by atoms with E-state index in [1.54, 1.807) is 0 Å². The molecule has 0 aromatic heterocycles. The summed E-state index contributed by atoms with van der Waals surface area (Å²) in [5.41, 5.74) is 0.